The van der Waals surface area contributed by atoms with Crippen molar-refractivity contribution in [1.29, 1.82) is 0 Å². The van der Waals surface area contributed by atoms with Crippen molar-refractivity contribution >= 4 is 28.9 Å². The summed E-state index contributed by atoms with van der Waals surface area (Å²) < 4.78 is 48.1. The molecule has 27 heavy (non-hydrogen) atoms. The quantitative estimate of drug-likeness (QED) is 0.378. The zero-order valence-electron chi connectivity index (χ0n) is 13.7. The lowest BCUT2D eigenvalue weighted by Crippen LogP contribution is -2.14. The van der Waals surface area contributed by atoms with E-state index in [1.165, 1.54) is 12.1 Å². The highest BCUT2D eigenvalue weighted by molar-refractivity contribution is 5.99. The molecule has 3 rings (SSSR count). The number of para-hydroxylation sites is 2. The number of hydrogen-bond acceptors (Lipinski definition) is 5. The Kier molecular flexibility index (Phi) is 5.07. The largest absolute Gasteiger partial charge is 0.454 e. The zero-order valence-corrected chi connectivity index (χ0v) is 13.7. The molecule has 0 aliphatic carbocycles. The van der Waals surface area contributed by atoms with Gasteiger partial charge in [-0.3, -0.25) is 4.79 Å². The highest BCUT2D eigenvalue weighted by atomic mass is 19.4. The number of Topliss-reactive ketones (excluding diaryl/α,β-unsaturated/α-hetero) is 1. The highest BCUT2D eigenvalue weighted by Crippen LogP contribution is 2.29. The van der Waals surface area contributed by atoms with Gasteiger partial charge in [0, 0.05) is 17.7 Å². The van der Waals surface area contributed by atoms with Crippen LogP contribution in [0.3, 0.4) is 0 Å². The van der Waals surface area contributed by atoms with Crippen LogP contribution in [-0.4, -0.2) is 23.3 Å². The van der Waals surface area contributed by atoms with Gasteiger partial charge in [0.05, 0.1) is 5.56 Å². The van der Waals surface area contributed by atoms with Crippen LogP contribution in [0, 0.1) is 0 Å². The van der Waals surface area contributed by atoms with Crippen LogP contribution >= 0.6 is 0 Å². The minimum Gasteiger partial charge on any atom is -0.454 e. The molecule has 0 radical (unpaired) electrons. The van der Waals surface area contributed by atoms with E-state index in [1.807, 2.05) is 0 Å². The number of fused-ring (bicyclic) bond motifs is 1. The molecule has 0 aliphatic rings. The Balaban J connectivity index is 1.59. The van der Waals surface area contributed by atoms with Crippen molar-refractivity contribution in [3.05, 3.63) is 71.6 Å². The van der Waals surface area contributed by atoms with Crippen LogP contribution in [0.5, 0.6) is 0 Å². The second kappa shape index (κ2) is 7.45. The van der Waals surface area contributed by atoms with Crippen LogP contribution in [0.2, 0.25) is 0 Å². The number of halogens is 3. The van der Waals surface area contributed by atoms with E-state index in [0.717, 1.165) is 18.2 Å². The highest BCUT2D eigenvalue weighted by Gasteiger charge is 2.30. The summed E-state index contributed by atoms with van der Waals surface area (Å²) in [5, 5.41) is 0. The predicted octanol–water partition coefficient (Wildman–Crippen LogP) is 4.29. The minimum absolute atomic E-state index is 0.178. The Morgan fingerprint density at radius 1 is 1.11 bits per heavy atom. The Bertz CT molecular complexity index is 988. The monoisotopic (exact) mass is 375 g/mol. The Labute approximate surface area is 151 Å². The summed E-state index contributed by atoms with van der Waals surface area (Å²) in [6.07, 6.45) is -2.27. The molecule has 1 aromatic heterocycles. The number of ketones is 1. The molecular formula is C19H12F3NO4. The fourth-order valence-electron chi connectivity index (χ4n) is 2.24. The number of nitrogens with zero attached hydrogens (tertiary/aromatic N) is 1. The third-order valence-electron chi connectivity index (χ3n) is 3.53. The first-order valence-electron chi connectivity index (χ1n) is 7.74. The molecule has 0 N–H and O–H groups in total. The van der Waals surface area contributed by atoms with E-state index >= 15 is 0 Å². The first-order chi connectivity index (χ1) is 12.8. The summed E-state index contributed by atoms with van der Waals surface area (Å²) >= 11 is 0. The van der Waals surface area contributed by atoms with Crippen molar-refractivity contribution in [1.82, 2.24) is 4.98 Å². The molecule has 0 unspecified atom stereocenters. The van der Waals surface area contributed by atoms with Crippen molar-refractivity contribution < 1.29 is 31.9 Å². The number of alkyl halides is 3. The van der Waals surface area contributed by atoms with Gasteiger partial charge < -0.3 is 9.15 Å². The van der Waals surface area contributed by atoms with E-state index in [0.29, 0.717) is 17.2 Å². The zero-order chi connectivity index (χ0) is 19.4. The molecule has 0 atom stereocenters. The number of rotatable bonds is 5. The summed E-state index contributed by atoms with van der Waals surface area (Å²) in [7, 11) is 0. The smallest absolute Gasteiger partial charge is 0.416 e. The molecule has 5 nitrogen and oxygen atoms in total. The minimum atomic E-state index is -4.56. The van der Waals surface area contributed by atoms with E-state index in [1.54, 1.807) is 24.3 Å². The van der Waals surface area contributed by atoms with Crippen LogP contribution in [0.15, 0.2) is 59.0 Å². The maximum atomic E-state index is 12.7. The Hall–Kier alpha value is -3.42. The first kappa shape index (κ1) is 18.4. The molecule has 0 fully saturated rings. The fraction of sp³-hybridized carbons (Fsp3) is 0.105. The molecule has 0 amide bonds. The lowest BCUT2D eigenvalue weighted by atomic mass is 10.1. The average Bonchev–Trinajstić information content (AvgIpc) is 3.07. The van der Waals surface area contributed by atoms with Crippen molar-refractivity contribution in [2.45, 2.75) is 6.18 Å². The van der Waals surface area contributed by atoms with Gasteiger partial charge in [0.2, 0.25) is 5.89 Å². The number of carbonyl (C=O) groups excluding carboxylic acids is 2. The Morgan fingerprint density at radius 2 is 1.89 bits per heavy atom. The van der Waals surface area contributed by atoms with Gasteiger partial charge in [0.1, 0.15) is 5.52 Å². The van der Waals surface area contributed by atoms with Gasteiger partial charge in [0.25, 0.3) is 0 Å². The van der Waals surface area contributed by atoms with Crippen molar-refractivity contribution in [2.75, 3.05) is 6.61 Å². The fourth-order valence-corrected chi connectivity index (χ4v) is 2.24. The number of benzene rings is 2. The van der Waals surface area contributed by atoms with Gasteiger partial charge in [-0.25, -0.2) is 9.78 Å². The summed E-state index contributed by atoms with van der Waals surface area (Å²) in [6.45, 7) is -0.682. The van der Waals surface area contributed by atoms with Crippen LogP contribution in [-0.2, 0) is 15.7 Å². The predicted molar refractivity (Wildman–Crippen MR) is 89.8 cm³/mol. The summed E-state index contributed by atoms with van der Waals surface area (Å²) in [5.74, 6) is -1.42. The van der Waals surface area contributed by atoms with Gasteiger partial charge in [-0.2, -0.15) is 13.2 Å². The topological polar surface area (TPSA) is 69.4 Å². The van der Waals surface area contributed by atoms with Crippen molar-refractivity contribution in [3.63, 3.8) is 0 Å². The molecule has 0 spiro atoms. The van der Waals surface area contributed by atoms with Crippen molar-refractivity contribution in [2.24, 2.45) is 0 Å². The van der Waals surface area contributed by atoms with Gasteiger partial charge in [0.15, 0.2) is 18.0 Å². The lowest BCUT2D eigenvalue weighted by molar-refractivity contribution is -0.138. The summed E-state index contributed by atoms with van der Waals surface area (Å²) in [6, 6.07) is 10.9. The SMILES string of the molecule is O=C(/C=C/c1nc2ccccc2o1)OCC(=O)c1cccc(C(F)(F)F)c1. The Morgan fingerprint density at radius 3 is 2.63 bits per heavy atom. The van der Waals surface area contributed by atoms with E-state index < -0.39 is 30.1 Å². The summed E-state index contributed by atoms with van der Waals surface area (Å²) in [5.41, 5.74) is 0.0200. The lowest BCUT2D eigenvalue weighted by Gasteiger charge is -2.08. The maximum Gasteiger partial charge on any atom is 0.416 e. The van der Waals surface area contributed by atoms with E-state index in [4.69, 9.17) is 9.15 Å². The number of esters is 1. The van der Waals surface area contributed by atoms with E-state index in [2.05, 4.69) is 4.98 Å². The molecular weight excluding hydrogens is 363 g/mol. The van der Waals surface area contributed by atoms with Crippen LogP contribution in [0.4, 0.5) is 13.2 Å². The molecule has 2 aromatic carbocycles. The number of ether oxygens (including phenoxy) is 1. The molecule has 0 saturated heterocycles. The second-order valence-corrected chi connectivity index (χ2v) is 5.46. The molecule has 0 aliphatic heterocycles. The van der Waals surface area contributed by atoms with E-state index in [9.17, 15) is 22.8 Å². The molecule has 138 valence electrons. The third-order valence-corrected chi connectivity index (χ3v) is 3.53. The standard InChI is InChI=1S/C19H12F3NO4/c20-19(21,22)13-5-3-4-12(10-13)15(24)11-26-18(25)9-8-17-23-14-6-1-2-7-16(14)27-17/h1-10H,11H2/b9-8+. The second-order valence-electron chi connectivity index (χ2n) is 5.46. The number of oxazole rings is 1. The molecule has 8 heteroatoms. The van der Waals surface area contributed by atoms with Crippen LogP contribution < -0.4 is 0 Å². The number of hydrogen-bond donors (Lipinski definition) is 0. The number of aromatic nitrogens is 1. The van der Waals surface area contributed by atoms with E-state index in [-0.39, 0.29) is 11.5 Å². The molecule has 3 aromatic rings. The molecule has 0 saturated carbocycles. The van der Waals surface area contributed by atoms with Crippen LogP contribution in [0.1, 0.15) is 21.8 Å². The van der Waals surface area contributed by atoms with Crippen LogP contribution in [0.25, 0.3) is 17.2 Å². The normalized spacial score (nSPS) is 11.8. The summed E-state index contributed by atoms with van der Waals surface area (Å²) in [4.78, 5) is 27.7. The molecule has 1 heterocycles. The molecule has 0 bridgehead atoms. The number of carbonyl (C=O) groups is 2. The van der Waals surface area contributed by atoms with Gasteiger partial charge in [-0.1, -0.05) is 24.3 Å². The van der Waals surface area contributed by atoms with Gasteiger partial charge >= 0.3 is 12.1 Å². The maximum absolute atomic E-state index is 12.7. The van der Waals surface area contributed by atoms with Gasteiger partial charge in [-0.05, 0) is 24.3 Å². The average molecular weight is 375 g/mol. The third kappa shape index (κ3) is 4.60. The van der Waals surface area contributed by atoms with Gasteiger partial charge in [-0.15, -0.1) is 0 Å². The van der Waals surface area contributed by atoms with Crippen molar-refractivity contribution in [3.8, 4) is 0 Å². The first-order valence-corrected chi connectivity index (χ1v) is 7.74.